The van der Waals surface area contributed by atoms with Crippen LogP contribution < -0.4 is 5.73 Å². The zero-order valence-corrected chi connectivity index (χ0v) is 9.06. The smallest absolute Gasteiger partial charge is 0.341 e. The van der Waals surface area contributed by atoms with Crippen LogP contribution in [0.1, 0.15) is 34.6 Å². The van der Waals surface area contributed by atoms with Crippen molar-refractivity contribution in [3.05, 3.63) is 29.3 Å². The van der Waals surface area contributed by atoms with Crippen molar-refractivity contribution in [2.45, 2.75) is 20.0 Å². The maximum absolute atomic E-state index is 11.6. The number of hydrogen-bond donors (Lipinski definition) is 2. The number of rotatable bonds is 3. The molecule has 86 valence electrons. The topological polar surface area (TPSA) is 89.6 Å². The van der Waals surface area contributed by atoms with Crippen molar-refractivity contribution in [1.29, 1.82) is 0 Å². The van der Waals surface area contributed by atoms with Crippen LogP contribution in [0.15, 0.2) is 18.2 Å². The van der Waals surface area contributed by atoms with Gasteiger partial charge in [-0.3, -0.25) is 0 Å². The van der Waals surface area contributed by atoms with Gasteiger partial charge in [-0.25, -0.2) is 9.59 Å². The third-order valence-electron chi connectivity index (χ3n) is 1.87. The second-order valence-corrected chi connectivity index (χ2v) is 3.53. The lowest BCUT2D eigenvalue weighted by atomic mass is 10.1. The van der Waals surface area contributed by atoms with Crippen molar-refractivity contribution in [2.75, 3.05) is 5.73 Å². The normalized spacial score (nSPS) is 10.2. The lowest BCUT2D eigenvalue weighted by Gasteiger charge is -2.11. The van der Waals surface area contributed by atoms with Gasteiger partial charge in [-0.2, -0.15) is 0 Å². The molecule has 0 aliphatic heterocycles. The summed E-state index contributed by atoms with van der Waals surface area (Å²) >= 11 is 0. The number of benzene rings is 1. The molecule has 0 saturated heterocycles. The minimum Gasteiger partial charge on any atom is -0.478 e. The van der Waals surface area contributed by atoms with Crippen LogP contribution in [0, 0.1) is 0 Å². The molecule has 0 heterocycles. The first kappa shape index (κ1) is 12.0. The number of carboxylic acid groups (broad SMARTS) is 1. The highest BCUT2D eigenvalue weighted by molar-refractivity contribution is 6.06. The molecular weight excluding hydrogens is 210 g/mol. The number of nitrogens with two attached hydrogens (primary N) is 1. The van der Waals surface area contributed by atoms with Crippen molar-refractivity contribution in [2.24, 2.45) is 0 Å². The zero-order valence-electron chi connectivity index (χ0n) is 9.06. The van der Waals surface area contributed by atoms with E-state index in [9.17, 15) is 9.59 Å². The van der Waals surface area contributed by atoms with Gasteiger partial charge >= 0.3 is 11.9 Å². The maximum atomic E-state index is 11.6. The van der Waals surface area contributed by atoms with Crippen LogP contribution in [0.4, 0.5) is 5.69 Å². The second-order valence-electron chi connectivity index (χ2n) is 3.53. The third kappa shape index (κ3) is 2.50. The van der Waals surface area contributed by atoms with Crippen LogP contribution in [0.5, 0.6) is 0 Å². The van der Waals surface area contributed by atoms with E-state index in [2.05, 4.69) is 0 Å². The Morgan fingerprint density at radius 2 is 2.00 bits per heavy atom. The average molecular weight is 223 g/mol. The summed E-state index contributed by atoms with van der Waals surface area (Å²) in [7, 11) is 0. The van der Waals surface area contributed by atoms with Crippen LogP contribution in [0.3, 0.4) is 0 Å². The molecule has 0 fully saturated rings. The average Bonchev–Trinajstić information content (AvgIpc) is 2.15. The molecule has 1 aromatic rings. The number of esters is 1. The molecule has 3 N–H and O–H groups in total. The number of anilines is 1. The van der Waals surface area contributed by atoms with Gasteiger partial charge in [-0.05, 0) is 26.0 Å². The quantitative estimate of drug-likeness (QED) is 0.599. The Labute approximate surface area is 92.8 Å². The fraction of sp³-hybridized carbons (Fsp3) is 0.273. The van der Waals surface area contributed by atoms with Gasteiger partial charge < -0.3 is 15.6 Å². The summed E-state index contributed by atoms with van der Waals surface area (Å²) in [5.41, 5.74) is 5.43. The lowest BCUT2D eigenvalue weighted by molar-refractivity contribution is 0.0372. The molecule has 0 spiro atoms. The minimum absolute atomic E-state index is 0.0938. The monoisotopic (exact) mass is 223 g/mol. The SMILES string of the molecule is CC(C)OC(=O)c1c(N)cccc1C(=O)O. The van der Waals surface area contributed by atoms with Crippen LogP contribution in [0.2, 0.25) is 0 Å². The second kappa shape index (κ2) is 4.65. The van der Waals surface area contributed by atoms with E-state index >= 15 is 0 Å². The highest BCUT2D eigenvalue weighted by atomic mass is 16.5. The number of carbonyl (C=O) groups excluding carboxylic acids is 1. The van der Waals surface area contributed by atoms with Crippen molar-refractivity contribution in [3.63, 3.8) is 0 Å². The largest absolute Gasteiger partial charge is 0.478 e. The molecule has 0 bridgehead atoms. The number of ether oxygens (including phenoxy) is 1. The Kier molecular flexibility index (Phi) is 3.50. The van der Waals surface area contributed by atoms with Gasteiger partial charge in [0.05, 0.1) is 17.2 Å². The molecule has 5 heteroatoms. The predicted molar refractivity (Wildman–Crippen MR) is 58.4 cm³/mol. The first-order chi connectivity index (χ1) is 7.43. The Morgan fingerprint density at radius 3 is 2.50 bits per heavy atom. The van der Waals surface area contributed by atoms with E-state index in [0.29, 0.717) is 0 Å². The van der Waals surface area contributed by atoms with Crippen LogP contribution in [0.25, 0.3) is 0 Å². The van der Waals surface area contributed by atoms with E-state index in [1.165, 1.54) is 18.2 Å². The van der Waals surface area contributed by atoms with Gasteiger partial charge in [0.1, 0.15) is 0 Å². The molecule has 0 amide bonds. The first-order valence-electron chi connectivity index (χ1n) is 4.76. The van der Waals surface area contributed by atoms with Crippen molar-refractivity contribution in [3.8, 4) is 0 Å². The Morgan fingerprint density at radius 1 is 1.38 bits per heavy atom. The molecule has 0 aliphatic rings. The fourth-order valence-electron chi connectivity index (χ4n) is 1.25. The Balaban J connectivity index is 3.20. The lowest BCUT2D eigenvalue weighted by Crippen LogP contribution is -2.17. The summed E-state index contributed by atoms with van der Waals surface area (Å²) in [5, 5.41) is 8.91. The van der Waals surface area contributed by atoms with Crippen LogP contribution in [-0.2, 0) is 4.74 Å². The molecule has 0 aliphatic carbocycles. The van der Waals surface area contributed by atoms with Gasteiger partial charge in [0.15, 0.2) is 0 Å². The molecule has 1 rings (SSSR count). The minimum atomic E-state index is -1.21. The van der Waals surface area contributed by atoms with E-state index in [4.69, 9.17) is 15.6 Å². The van der Waals surface area contributed by atoms with Crippen LogP contribution >= 0.6 is 0 Å². The highest BCUT2D eigenvalue weighted by Gasteiger charge is 2.21. The summed E-state index contributed by atoms with van der Waals surface area (Å²) in [5.74, 6) is -1.92. The van der Waals surface area contributed by atoms with Crippen molar-refractivity contribution >= 4 is 17.6 Å². The van der Waals surface area contributed by atoms with E-state index in [-0.39, 0.29) is 22.9 Å². The molecule has 16 heavy (non-hydrogen) atoms. The van der Waals surface area contributed by atoms with E-state index in [0.717, 1.165) is 0 Å². The number of nitrogen functional groups attached to an aromatic ring is 1. The molecule has 0 unspecified atom stereocenters. The molecule has 0 atom stereocenters. The predicted octanol–water partition coefficient (Wildman–Crippen LogP) is 1.53. The molecule has 0 saturated carbocycles. The maximum Gasteiger partial charge on any atom is 0.341 e. The summed E-state index contributed by atoms with van der Waals surface area (Å²) in [6.45, 7) is 3.36. The molecule has 1 aromatic carbocycles. The third-order valence-corrected chi connectivity index (χ3v) is 1.87. The number of aromatic carboxylic acids is 1. The first-order valence-corrected chi connectivity index (χ1v) is 4.76. The van der Waals surface area contributed by atoms with Gasteiger partial charge in [0.25, 0.3) is 0 Å². The van der Waals surface area contributed by atoms with E-state index in [1.807, 2.05) is 0 Å². The standard InChI is InChI=1S/C11H13NO4/c1-6(2)16-11(15)9-7(10(13)14)4-3-5-8(9)12/h3-6H,12H2,1-2H3,(H,13,14). The molecular formula is C11H13NO4. The Hall–Kier alpha value is -2.04. The molecule has 0 aromatic heterocycles. The van der Waals surface area contributed by atoms with Gasteiger partial charge in [-0.1, -0.05) is 6.07 Å². The number of hydrogen-bond acceptors (Lipinski definition) is 4. The fourth-order valence-corrected chi connectivity index (χ4v) is 1.25. The summed E-state index contributed by atoms with van der Waals surface area (Å²) < 4.78 is 4.93. The summed E-state index contributed by atoms with van der Waals surface area (Å²) in [4.78, 5) is 22.5. The zero-order chi connectivity index (χ0) is 12.3. The Bertz CT molecular complexity index is 426. The number of carbonyl (C=O) groups is 2. The highest BCUT2D eigenvalue weighted by Crippen LogP contribution is 2.19. The van der Waals surface area contributed by atoms with E-state index < -0.39 is 11.9 Å². The van der Waals surface area contributed by atoms with E-state index in [1.54, 1.807) is 13.8 Å². The number of carboxylic acids is 1. The van der Waals surface area contributed by atoms with Gasteiger partial charge in [0, 0.05) is 5.69 Å². The molecule has 0 radical (unpaired) electrons. The van der Waals surface area contributed by atoms with Crippen LogP contribution in [-0.4, -0.2) is 23.1 Å². The summed E-state index contributed by atoms with van der Waals surface area (Å²) in [6.07, 6.45) is -0.325. The van der Waals surface area contributed by atoms with Gasteiger partial charge in [0.2, 0.25) is 0 Å². The molecule has 5 nitrogen and oxygen atoms in total. The van der Waals surface area contributed by atoms with Gasteiger partial charge in [-0.15, -0.1) is 0 Å². The van der Waals surface area contributed by atoms with Crippen molar-refractivity contribution in [1.82, 2.24) is 0 Å². The van der Waals surface area contributed by atoms with Crippen molar-refractivity contribution < 1.29 is 19.4 Å². The summed E-state index contributed by atoms with van der Waals surface area (Å²) in [6, 6.07) is 4.25.